The maximum absolute atomic E-state index is 12.8. The molecular formula is C18H17N3O4S. The molecule has 3 aromatic rings. The largest absolute Gasteiger partial charge is 0.466 e. The molecule has 1 N–H and O–H groups in total. The third kappa shape index (κ3) is 3.03. The van der Waals surface area contributed by atoms with Gasteiger partial charge in [-0.3, -0.25) is 14.9 Å². The zero-order valence-corrected chi connectivity index (χ0v) is 15.2. The van der Waals surface area contributed by atoms with Crippen molar-refractivity contribution in [3.63, 3.8) is 0 Å². The van der Waals surface area contributed by atoms with Gasteiger partial charge < -0.3 is 13.7 Å². The first-order chi connectivity index (χ1) is 12.5. The van der Waals surface area contributed by atoms with Gasteiger partial charge in [0.05, 0.1) is 24.1 Å². The summed E-state index contributed by atoms with van der Waals surface area (Å²) < 4.78 is 10.5. The van der Waals surface area contributed by atoms with Gasteiger partial charge in [0.2, 0.25) is 0 Å². The second kappa shape index (κ2) is 6.45. The lowest BCUT2D eigenvalue weighted by atomic mass is 10.1. The fourth-order valence-electron chi connectivity index (χ4n) is 3.00. The molecular weight excluding hydrogens is 354 g/mol. The molecule has 0 unspecified atom stereocenters. The number of carbonyl (C=O) groups excluding carboxylic acids is 2. The molecule has 0 atom stereocenters. The third-order valence-corrected chi connectivity index (χ3v) is 5.25. The van der Waals surface area contributed by atoms with Gasteiger partial charge in [-0.1, -0.05) is 11.3 Å². The SMILES string of the molecule is Cc1cc(C(=O)N2CCc3nc(NC(=O)c4ccco4)sc3C2)c(C)o1. The monoisotopic (exact) mass is 371 g/mol. The lowest BCUT2D eigenvalue weighted by Gasteiger charge is -2.25. The average Bonchev–Trinajstić information content (AvgIpc) is 3.32. The highest BCUT2D eigenvalue weighted by Gasteiger charge is 2.27. The van der Waals surface area contributed by atoms with E-state index in [4.69, 9.17) is 8.83 Å². The van der Waals surface area contributed by atoms with Crippen LogP contribution in [0, 0.1) is 13.8 Å². The summed E-state index contributed by atoms with van der Waals surface area (Å²) in [5, 5.41) is 3.26. The maximum atomic E-state index is 12.8. The Kier molecular flexibility index (Phi) is 4.12. The Bertz CT molecular complexity index is 971. The van der Waals surface area contributed by atoms with E-state index in [2.05, 4.69) is 10.3 Å². The summed E-state index contributed by atoms with van der Waals surface area (Å²) in [5.74, 6) is 1.22. The van der Waals surface area contributed by atoms with Crippen LogP contribution >= 0.6 is 11.3 Å². The first-order valence-electron chi connectivity index (χ1n) is 8.21. The summed E-state index contributed by atoms with van der Waals surface area (Å²) in [6, 6.07) is 5.03. The molecule has 1 aliphatic rings. The zero-order chi connectivity index (χ0) is 18.3. The Labute approximate surface area is 153 Å². The Hall–Kier alpha value is -2.87. The quantitative estimate of drug-likeness (QED) is 0.762. The van der Waals surface area contributed by atoms with Gasteiger partial charge in [0.25, 0.3) is 11.8 Å². The van der Waals surface area contributed by atoms with Crippen LogP contribution in [0.5, 0.6) is 0 Å². The first-order valence-corrected chi connectivity index (χ1v) is 9.02. The van der Waals surface area contributed by atoms with Gasteiger partial charge in [-0.15, -0.1) is 0 Å². The molecule has 4 rings (SSSR count). The Balaban J connectivity index is 1.49. The highest BCUT2D eigenvalue weighted by atomic mass is 32.1. The average molecular weight is 371 g/mol. The number of fused-ring (bicyclic) bond motifs is 1. The van der Waals surface area contributed by atoms with Crippen LogP contribution in [0.15, 0.2) is 33.3 Å². The molecule has 0 aliphatic carbocycles. The summed E-state index contributed by atoms with van der Waals surface area (Å²) in [6.07, 6.45) is 2.11. The molecule has 4 heterocycles. The summed E-state index contributed by atoms with van der Waals surface area (Å²) in [5.41, 5.74) is 1.52. The van der Waals surface area contributed by atoms with Crippen molar-refractivity contribution in [3.8, 4) is 0 Å². The van der Waals surface area contributed by atoms with Crippen LogP contribution < -0.4 is 5.32 Å². The van der Waals surface area contributed by atoms with Crippen LogP contribution in [0.1, 0.15) is 43.0 Å². The van der Waals surface area contributed by atoms with Crippen LogP contribution in [-0.2, 0) is 13.0 Å². The van der Waals surface area contributed by atoms with Crippen LogP contribution in [0.2, 0.25) is 0 Å². The van der Waals surface area contributed by atoms with Crippen molar-refractivity contribution in [1.29, 1.82) is 0 Å². The van der Waals surface area contributed by atoms with Crippen LogP contribution in [0.3, 0.4) is 0 Å². The minimum absolute atomic E-state index is 0.0421. The van der Waals surface area contributed by atoms with E-state index in [0.717, 1.165) is 16.3 Å². The van der Waals surface area contributed by atoms with Crippen molar-refractivity contribution in [2.45, 2.75) is 26.8 Å². The van der Waals surface area contributed by atoms with E-state index >= 15 is 0 Å². The molecule has 0 bridgehead atoms. The number of aryl methyl sites for hydroxylation is 2. The molecule has 1 aliphatic heterocycles. The molecule has 0 fully saturated rings. The molecule has 0 aromatic carbocycles. The number of thiazole rings is 1. The molecule has 7 nitrogen and oxygen atoms in total. The minimum Gasteiger partial charge on any atom is -0.466 e. The van der Waals surface area contributed by atoms with Crippen molar-refractivity contribution in [1.82, 2.24) is 9.88 Å². The number of hydrogen-bond donors (Lipinski definition) is 1. The number of furan rings is 2. The summed E-state index contributed by atoms with van der Waals surface area (Å²) in [4.78, 5) is 32.1. The van der Waals surface area contributed by atoms with Gasteiger partial charge in [-0.25, -0.2) is 4.98 Å². The zero-order valence-electron chi connectivity index (χ0n) is 14.4. The highest BCUT2D eigenvalue weighted by Crippen LogP contribution is 2.30. The topological polar surface area (TPSA) is 88.6 Å². The standard InChI is InChI=1S/C18H17N3O4S/c1-10-8-12(11(2)25-10)17(23)21-6-5-13-15(9-21)26-18(19-13)20-16(22)14-4-3-7-24-14/h3-4,7-8H,5-6,9H2,1-2H3,(H,19,20,22). The number of carbonyl (C=O) groups is 2. The Morgan fingerprint density at radius 3 is 2.88 bits per heavy atom. The van der Waals surface area contributed by atoms with E-state index in [1.54, 1.807) is 30.0 Å². The molecule has 0 saturated heterocycles. The molecule has 134 valence electrons. The van der Waals surface area contributed by atoms with Gasteiger partial charge in [0.1, 0.15) is 11.5 Å². The van der Waals surface area contributed by atoms with Gasteiger partial charge in [0, 0.05) is 17.8 Å². The fourth-order valence-corrected chi connectivity index (χ4v) is 4.02. The van der Waals surface area contributed by atoms with Gasteiger partial charge >= 0.3 is 0 Å². The molecule has 0 radical (unpaired) electrons. The number of hydrogen-bond acceptors (Lipinski definition) is 6. The molecule has 2 amide bonds. The number of anilines is 1. The van der Waals surface area contributed by atoms with E-state index in [1.165, 1.54) is 17.6 Å². The summed E-state index contributed by atoms with van der Waals surface area (Å²) in [7, 11) is 0. The second-order valence-electron chi connectivity index (χ2n) is 6.12. The van der Waals surface area contributed by atoms with Crippen molar-refractivity contribution in [3.05, 3.63) is 57.9 Å². The number of nitrogens with zero attached hydrogens (tertiary/aromatic N) is 2. The van der Waals surface area contributed by atoms with Crippen LogP contribution in [-0.4, -0.2) is 28.2 Å². The molecule has 0 saturated carbocycles. The number of amides is 2. The van der Waals surface area contributed by atoms with Crippen molar-refractivity contribution in [2.75, 3.05) is 11.9 Å². The van der Waals surface area contributed by atoms with E-state index < -0.39 is 0 Å². The summed E-state index contributed by atoms with van der Waals surface area (Å²) in [6.45, 7) is 4.69. The number of nitrogens with one attached hydrogen (secondary N) is 1. The maximum Gasteiger partial charge on any atom is 0.293 e. The van der Waals surface area contributed by atoms with E-state index in [9.17, 15) is 9.59 Å². The smallest absolute Gasteiger partial charge is 0.293 e. The summed E-state index contributed by atoms with van der Waals surface area (Å²) >= 11 is 1.38. The lowest BCUT2D eigenvalue weighted by molar-refractivity contribution is 0.0734. The predicted molar refractivity (Wildman–Crippen MR) is 95.4 cm³/mol. The molecule has 0 spiro atoms. The minimum atomic E-state index is -0.335. The van der Waals surface area contributed by atoms with Gasteiger partial charge in [-0.2, -0.15) is 0 Å². The van der Waals surface area contributed by atoms with Crippen LogP contribution in [0.25, 0.3) is 0 Å². The van der Waals surface area contributed by atoms with E-state index in [1.807, 2.05) is 6.92 Å². The number of rotatable bonds is 3. The fraction of sp³-hybridized carbons (Fsp3) is 0.278. The molecule has 3 aromatic heterocycles. The van der Waals surface area contributed by atoms with Gasteiger partial charge in [-0.05, 0) is 32.0 Å². The molecule has 26 heavy (non-hydrogen) atoms. The van der Waals surface area contributed by atoms with E-state index in [0.29, 0.717) is 36.0 Å². The van der Waals surface area contributed by atoms with Crippen LogP contribution in [0.4, 0.5) is 5.13 Å². The lowest BCUT2D eigenvalue weighted by Crippen LogP contribution is -2.35. The molecule has 8 heteroatoms. The highest BCUT2D eigenvalue weighted by molar-refractivity contribution is 7.15. The van der Waals surface area contributed by atoms with Gasteiger partial charge in [0.15, 0.2) is 10.9 Å². The van der Waals surface area contributed by atoms with Crippen molar-refractivity contribution < 1.29 is 18.4 Å². The third-order valence-electron chi connectivity index (χ3n) is 4.26. The van der Waals surface area contributed by atoms with E-state index in [-0.39, 0.29) is 17.6 Å². The normalized spacial score (nSPS) is 13.5. The first kappa shape index (κ1) is 16.6. The number of aromatic nitrogens is 1. The predicted octanol–water partition coefficient (Wildman–Crippen LogP) is 3.40. The Morgan fingerprint density at radius 1 is 1.35 bits per heavy atom. The van der Waals surface area contributed by atoms with Crippen molar-refractivity contribution >= 4 is 28.3 Å². The Morgan fingerprint density at radius 2 is 2.19 bits per heavy atom. The van der Waals surface area contributed by atoms with Crippen molar-refractivity contribution in [2.24, 2.45) is 0 Å². The second-order valence-corrected chi connectivity index (χ2v) is 7.21.